The molecule has 1 aromatic heterocycles. The SMILES string of the molecule is CC(C)(C)OC(=O)N1CC(N2CCC(C(O)c3ccc4c(c3)C(C)(C)c3[nH]c5cc(Br)ccc5c3C4=O)CC2)C1. The Hall–Kier alpha value is -2.68. The Morgan fingerprint density at radius 1 is 1.12 bits per heavy atom. The van der Waals surface area contributed by atoms with Gasteiger partial charge in [-0.2, -0.15) is 0 Å². The molecule has 2 fully saturated rings. The maximum Gasteiger partial charge on any atom is 0.410 e. The molecule has 40 heavy (non-hydrogen) atoms. The first-order valence-corrected chi connectivity index (χ1v) is 15.0. The van der Waals surface area contributed by atoms with E-state index in [4.69, 9.17) is 4.74 Å². The first-order chi connectivity index (χ1) is 18.8. The number of carbonyl (C=O) groups excluding carboxylic acids is 2. The zero-order valence-electron chi connectivity index (χ0n) is 23.9. The van der Waals surface area contributed by atoms with Crippen LogP contribution in [0.4, 0.5) is 4.79 Å². The maximum absolute atomic E-state index is 13.7. The van der Waals surface area contributed by atoms with Crippen molar-refractivity contribution in [1.82, 2.24) is 14.8 Å². The van der Waals surface area contributed by atoms with E-state index in [9.17, 15) is 14.7 Å². The lowest BCUT2D eigenvalue weighted by Gasteiger charge is -2.47. The topological polar surface area (TPSA) is 85.9 Å². The Labute approximate surface area is 244 Å². The number of aromatic nitrogens is 1. The third-order valence-electron chi connectivity index (χ3n) is 8.97. The molecule has 2 saturated heterocycles. The predicted molar refractivity (Wildman–Crippen MR) is 159 cm³/mol. The summed E-state index contributed by atoms with van der Waals surface area (Å²) in [6.07, 6.45) is 0.961. The lowest BCUT2D eigenvalue weighted by molar-refractivity contribution is -0.0285. The Balaban J connectivity index is 1.14. The second-order valence-electron chi connectivity index (χ2n) is 13.2. The van der Waals surface area contributed by atoms with Crippen LogP contribution in [-0.4, -0.2) is 69.6 Å². The fraction of sp³-hybridized carbons (Fsp3) is 0.500. The zero-order valence-corrected chi connectivity index (χ0v) is 25.5. The summed E-state index contributed by atoms with van der Waals surface area (Å²) in [5.74, 6) is 0.188. The van der Waals surface area contributed by atoms with Gasteiger partial charge in [0.1, 0.15) is 5.60 Å². The number of carbonyl (C=O) groups is 2. The van der Waals surface area contributed by atoms with Crippen LogP contribution in [0.3, 0.4) is 0 Å². The van der Waals surface area contributed by atoms with Gasteiger partial charge in [-0.25, -0.2) is 4.79 Å². The molecule has 2 aliphatic heterocycles. The van der Waals surface area contributed by atoms with Crippen molar-refractivity contribution >= 4 is 38.7 Å². The van der Waals surface area contributed by atoms with Gasteiger partial charge in [0, 0.05) is 51.2 Å². The maximum atomic E-state index is 13.7. The molecule has 1 unspecified atom stereocenters. The molecule has 6 rings (SSSR count). The van der Waals surface area contributed by atoms with Gasteiger partial charge in [0.15, 0.2) is 5.78 Å². The van der Waals surface area contributed by atoms with Crippen molar-refractivity contribution in [2.75, 3.05) is 26.2 Å². The highest BCUT2D eigenvalue weighted by Gasteiger charge is 2.41. The van der Waals surface area contributed by atoms with Crippen LogP contribution in [0.5, 0.6) is 0 Å². The van der Waals surface area contributed by atoms with Crippen molar-refractivity contribution in [3.63, 3.8) is 0 Å². The van der Waals surface area contributed by atoms with Gasteiger partial charge in [0.05, 0.1) is 11.7 Å². The number of aliphatic hydroxyl groups is 1. The number of halogens is 1. The van der Waals surface area contributed by atoms with E-state index < -0.39 is 17.1 Å². The number of benzene rings is 2. The molecule has 8 heteroatoms. The van der Waals surface area contributed by atoms with Gasteiger partial charge in [-0.15, -0.1) is 0 Å². The quantitative estimate of drug-likeness (QED) is 0.372. The first kappa shape index (κ1) is 27.5. The molecular formula is C32H38BrN3O4. The van der Waals surface area contributed by atoms with Gasteiger partial charge in [-0.1, -0.05) is 54.0 Å². The van der Waals surface area contributed by atoms with Crippen LogP contribution in [0.1, 0.15) is 86.3 Å². The second kappa shape index (κ2) is 9.71. The number of fused-ring (bicyclic) bond motifs is 4. The van der Waals surface area contributed by atoms with E-state index in [-0.39, 0.29) is 17.8 Å². The molecule has 212 valence electrons. The minimum Gasteiger partial charge on any atom is -0.444 e. The number of aliphatic hydroxyl groups excluding tert-OH is 1. The highest BCUT2D eigenvalue weighted by Crippen LogP contribution is 2.45. The van der Waals surface area contributed by atoms with Crippen LogP contribution in [0.15, 0.2) is 40.9 Å². The lowest BCUT2D eigenvalue weighted by Crippen LogP contribution is -2.62. The fourth-order valence-corrected chi connectivity index (χ4v) is 7.00. The molecule has 0 saturated carbocycles. The summed E-state index contributed by atoms with van der Waals surface area (Å²) in [7, 11) is 0. The largest absolute Gasteiger partial charge is 0.444 e. The van der Waals surface area contributed by atoms with Gasteiger partial charge in [0.2, 0.25) is 0 Å². The van der Waals surface area contributed by atoms with Crippen molar-refractivity contribution in [1.29, 1.82) is 0 Å². The van der Waals surface area contributed by atoms with E-state index >= 15 is 0 Å². The summed E-state index contributed by atoms with van der Waals surface area (Å²) in [6, 6.07) is 12.2. The van der Waals surface area contributed by atoms with Crippen LogP contribution >= 0.6 is 15.9 Å². The molecule has 3 heterocycles. The van der Waals surface area contributed by atoms with Gasteiger partial charge in [-0.3, -0.25) is 9.69 Å². The van der Waals surface area contributed by atoms with Crippen LogP contribution in [0, 0.1) is 5.92 Å². The van der Waals surface area contributed by atoms with Gasteiger partial charge in [-0.05, 0) is 75.9 Å². The van der Waals surface area contributed by atoms with E-state index in [1.165, 1.54) is 0 Å². The number of H-pyrrole nitrogens is 1. The number of nitrogens with zero attached hydrogens (tertiary/aromatic N) is 2. The van der Waals surface area contributed by atoms with Crippen LogP contribution in [0.2, 0.25) is 0 Å². The standard InChI is InChI=1S/C32H38BrN3O4/c1-31(2,3)40-30(39)36-16-21(17-36)35-12-10-18(11-13-35)27(37)19-6-8-22-24(14-19)32(4,5)29-26(28(22)38)23-9-7-20(33)15-25(23)34-29/h6-9,14-15,18,21,27,34,37H,10-13,16-17H2,1-5H3. The zero-order chi connectivity index (χ0) is 28.6. The number of piperidine rings is 1. The van der Waals surface area contributed by atoms with Crippen molar-refractivity contribution in [2.24, 2.45) is 5.92 Å². The number of ketones is 1. The number of ether oxygens (including phenoxy) is 1. The molecule has 1 amide bonds. The molecule has 2 aromatic carbocycles. The Morgan fingerprint density at radius 3 is 2.50 bits per heavy atom. The third-order valence-corrected chi connectivity index (χ3v) is 9.46. The van der Waals surface area contributed by atoms with Gasteiger partial charge >= 0.3 is 6.09 Å². The Morgan fingerprint density at radius 2 is 1.82 bits per heavy atom. The van der Waals surface area contributed by atoms with Crippen molar-refractivity contribution in [3.8, 4) is 0 Å². The van der Waals surface area contributed by atoms with Crippen LogP contribution in [-0.2, 0) is 10.2 Å². The number of nitrogens with one attached hydrogen (secondary N) is 1. The highest BCUT2D eigenvalue weighted by atomic mass is 79.9. The first-order valence-electron chi connectivity index (χ1n) is 14.2. The molecule has 1 atom stereocenters. The van der Waals surface area contributed by atoms with Gasteiger partial charge < -0.3 is 19.7 Å². The van der Waals surface area contributed by atoms with Gasteiger partial charge in [0.25, 0.3) is 0 Å². The number of hydrogen-bond donors (Lipinski definition) is 2. The molecule has 3 aromatic rings. The minimum atomic E-state index is -0.585. The molecule has 2 N–H and O–H groups in total. The van der Waals surface area contributed by atoms with Crippen LogP contribution in [0.25, 0.3) is 10.9 Å². The lowest BCUT2D eigenvalue weighted by atomic mass is 9.70. The summed E-state index contributed by atoms with van der Waals surface area (Å²) in [6.45, 7) is 13.2. The van der Waals surface area contributed by atoms with E-state index in [2.05, 4.69) is 45.7 Å². The minimum absolute atomic E-state index is 0.0353. The average molecular weight is 609 g/mol. The van der Waals surface area contributed by atoms with E-state index in [1.807, 2.05) is 51.1 Å². The molecular weight excluding hydrogens is 570 g/mol. The number of amides is 1. The Kier molecular flexibility index (Phi) is 6.67. The number of hydrogen-bond acceptors (Lipinski definition) is 5. The monoisotopic (exact) mass is 607 g/mol. The molecule has 7 nitrogen and oxygen atoms in total. The third kappa shape index (κ3) is 4.68. The fourth-order valence-electron chi connectivity index (χ4n) is 6.64. The number of likely N-dealkylation sites (tertiary alicyclic amines) is 2. The second-order valence-corrected chi connectivity index (χ2v) is 14.1. The summed E-state index contributed by atoms with van der Waals surface area (Å²) in [5, 5.41) is 12.4. The summed E-state index contributed by atoms with van der Waals surface area (Å²) < 4.78 is 6.45. The van der Waals surface area contributed by atoms with E-state index in [1.54, 1.807) is 4.90 Å². The van der Waals surface area contributed by atoms with Crippen molar-refractivity contribution in [3.05, 3.63) is 68.8 Å². The van der Waals surface area contributed by atoms with Crippen molar-refractivity contribution < 1.29 is 19.4 Å². The summed E-state index contributed by atoms with van der Waals surface area (Å²) in [4.78, 5) is 33.7. The predicted octanol–water partition coefficient (Wildman–Crippen LogP) is 6.17. The normalized spacial score (nSPS) is 20.7. The molecule has 0 spiro atoms. The number of aromatic amines is 1. The molecule has 0 radical (unpaired) electrons. The molecule has 1 aliphatic carbocycles. The number of rotatable bonds is 3. The highest BCUT2D eigenvalue weighted by molar-refractivity contribution is 9.10. The molecule has 0 bridgehead atoms. The van der Waals surface area contributed by atoms with E-state index in [0.717, 1.165) is 63.7 Å². The summed E-state index contributed by atoms with van der Waals surface area (Å²) in [5.41, 5.74) is 4.29. The Bertz CT molecular complexity index is 1490. The van der Waals surface area contributed by atoms with Crippen molar-refractivity contribution in [2.45, 2.75) is 70.6 Å². The van der Waals surface area contributed by atoms with E-state index in [0.29, 0.717) is 24.7 Å². The average Bonchev–Trinajstić information content (AvgIpc) is 3.25. The molecule has 3 aliphatic rings. The smallest absolute Gasteiger partial charge is 0.410 e. The van der Waals surface area contributed by atoms with Crippen LogP contribution < -0.4 is 0 Å². The summed E-state index contributed by atoms with van der Waals surface area (Å²) >= 11 is 3.54.